The van der Waals surface area contributed by atoms with E-state index in [0.717, 1.165) is 28.3 Å². The first-order valence-electron chi connectivity index (χ1n) is 13.2. The van der Waals surface area contributed by atoms with Crippen molar-refractivity contribution in [3.8, 4) is 0 Å². The predicted molar refractivity (Wildman–Crippen MR) is 143 cm³/mol. The average Bonchev–Trinajstić information content (AvgIpc) is 3.42. The van der Waals surface area contributed by atoms with Crippen molar-refractivity contribution >= 4 is 33.7 Å². The number of nitrogens with zero attached hydrogens (tertiary/aromatic N) is 3. The van der Waals surface area contributed by atoms with Crippen LogP contribution in [0.3, 0.4) is 0 Å². The summed E-state index contributed by atoms with van der Waals surface area (Å²) in [6, 6.07) is 2.43. The Bertz CT molecular complexity index is 1490. The van der Waals surface area contributed by atoms with Crippen LogP contribution in [0, 0.1) is 11.7 Å². The van der Waals surface area contributed by atoms with Crippen LogP contribution in [0.5, 0.6) is 0 Å². The Morgan fingerprint density at radius 1 is 1.16 bits per heavy atom. The van der Waals surface area contributed by atoms with Crippen molar-refractivity contribution < 1.29 is 49.9 Å². The van der Waals surface area contributed by atoms with E-state index < -0.39 is 82.1 Å². The number of ketones is 1. The number of amides is 3. The molecule has 4 rings (SSSR count). The van der Waals surface area contributed by atoms with Crippen molar-refractivity contribution in [3.63, 3.8) is 0 Å². The van der Waals surface area contributed by atoms with E-state index >= 15 is 0 Å². The number of Topliss-reactive ketones (excluding diaryl/α,β-unsaturated/α-hetero) is 1. The van der Waals surface area contributed by atoms with Crippen LogP contribution >= 0.6 is 0 Å². The van der Waals surface area contributed by atoms with Crippen molar-refractivity contribution in [2.24, 2.45) is 5.92 Å². The lowest BCUT2D eigenvalue weighted by Crippen LogP contribution is -2.50. The highest BCUT2D eigenvalue weighted by Gasteiger charge is 2.56. The molecule has 43 heavy (non-hydrogen) atoms. The van der Waals surface area contributed by atoms with E-state index in [1.54, 1.807) is 0 Å². The van der Waals surface area contributed by atoms with E-state index in [0.29, 0.717) is 10.5 Å². The number of hydrogen-bond acceptors (Lipinski definition) is 7. The van der Waals surface area contributed by atoms with Crippen LogP contribution in [0.25, 0.3) is 0 Å². The predicted octanol–water partition coefficient (Wildman–Crippen LogP) is 2.11. The molecule has 16 heteroatoms. The molecule has 2 aliphatic carbocycles. The normalized spacial score (nSPS) is 22.7. The summed E-state index contributed by atoms with van der Waals surface area (Å²) in [5, 5.41) is 2.31. The van der Waals surface area contributed by atoms with Crippen LogP contribution in [-0.4, -0.2) is 97.0 Å². The number of carbonyl (C=O) groups is 4. The van der Waals surface area contributed by atoms with Crippen molar-refractivity contribution in [3.05, 3.63) is 59.1 Å². The molecular weight excluding hydrogens is 600 g/mol. The quantitative estimate of drug-likeness (QED) is 0.414. The molecule has 3 atom stereocenters. The third-order valence-electron chi connectivity index (χ3n) is 7.73. The van der Waals surface area contributed by atoms with Crippen molar-refractivity contribution in [2.45, 2.75) is 44.1 Å². The van der Waals surface area contributed by atoms with Crippen LogP contribution < -0.4 is 5.32 Å². The number of hydrogen-bond donors (Lipinski definition) is 1. The van der Waals surface area contributed by atoms with Gasteiger partial charge >= 0.3 is 12.3 Å². The molecule has 234 valence electrons. The standard InChI is InChI=1S/C27H30F4N4O7S/c1-16(27(29,30)31)35(12-17-4-6-18(28)7-5-17)23(37)13-34-15-26(42-25(34)39)11-10-19-20(26)8-9-21(24(19)38)32-22(36)14-43(40,41)33(2)3/h4-9,16,19H,10-15H2,1-3H3,(H,32,36)/t16-,19?,26-/m0/s1. The van der Waals surface area contributed by atoms with Crippen LogP contribution in [0.1, 0.15) is 25.3 Å². The van der Waals surface area contributed by atoms with E-state index in [9.17, 15) is 45.2 Å². The van der Waals surface area contributed by atoms with Gasteiger partial charge in [-0.05, 0) is 49.1 Å². The molecule has 1 aromatic rings. The molecule has 1 spiro atoms. The van der Waals surface area contributed by atoms with E-state index in [4.69, 9.17) is 4.74 Å². The number of fused-ring (bicyclic) bond motifs is 2. The minimum Gasteiger partial charge on any atom is -0.436 e. The number of halogens is 4. The first kappa shape index (κ1) is 32.1. The highest BCUT2D eigenvalue weighted by atomic mass is 32.2. The van der Waals surface area contributed by atoms with E-state index in [1.807, 2.05) is 0 Å². The van der Waals surface area contributed by atoms with E-state index in [2.05, 4.69) is 5.32 Å². The summed E-state index contributed by atoms with van der Waals surface area (Å²) in [6.45, 7) is -0.602. The maximum Gasteiger partial charge on any atom is 0.411 e. The fourth-order valence-corrected chi connectivity index (χ4v) is 5.92. The number of nitrogens with one attached hydrogen (secondary N) is 1. The lowest BCUT2D eigenvalue weighted by Gasteiger charge is -2.32. The van der Waals surface area contributed by atoms with Crippen LogP contribution in [0.2, 0.25) is 0 Å². The molecule has 3 amide bonds. The van der Waals surface area contributed by atoms with Gasteiger partial charge in [-0.3, -0.25) is 19.3 Å². The lowest BCUT2D eigenvalue weighted by atomic mass is 9.85. The summed E-state index contributed by atoms with van der Waals surface area (Å²) in [5.74, 6) is -4.70. The van der Waals surface area contributed by atoms with Gasteiger partial charge in [0.1, 0.15) is 24.2 Å². The van der Waals surface area contributed by atoms with Gasteiger partial charge < -0.3 is 15.0 Å². The zero-order valence-electron chi connectivity index (χ0n) is 23.5. The van der Waals surface area contributed by atoms with E-state index in [1.165, 1.54) is 38.4 Å². The highest BCUT2D eigenvalue weighted by Crippen LogP contribution is 2.48. The molecule has 1 saturated carbocycles. The molecule has 2 fully saturated rings. The minimum absolute atomic E-state index is 0.126. The van der Waals surface area contributed by atoms with Gasteiger partial charge in [-0.1, -0.05) is 18.2 Å². The van der Waals surface area contributed by atoms with Crippen molar-refractivity contribution in [1.82, 2.24) is 19.4 Å². The molecule has 0 aromatic heterocycles. The number of rotatable bonds is 9. The van der Waals surface area contributed by atoms with Crippen LogP contribution in [0.15, 0.2) is 47.7 Å². The zero-order chi connectivity index (χ0) is 31.9. The number of benzene rings is 1. The fraction of sp³-hybridized carbons (Fsp3) is 0.481. The Kier molecular flexibility index (Phi) is 8.75. The van der Waals surface area contributed by atoms with Crippen molar-refractivity contribution in [2.75, 3.05) is 32.9 Å². The second-order valence-corrected chi connectivity index (χ2v) is 13.0. The molecule has 11 nitrogen and oxygen atoms in total. The van der Waals surface area contributed by atoms with Gasteiger partial charge in [0.05, 0.1) is 12.2 Å². The van der Waals surface area contributed by atoms with Gasteiger partial charge in [0.25, 0.3) is 0 Å². The number of ether oxygens (including phenoxy) is 1. The summed E-state index contributed by atoms with van der Waals surface area (Å²) in [6.07, 6.45) is -2.57. The van der Waals surface area contributed by atoms with Gasteiger partial charge in [0, 0.05) is 26.6 Å². The Labute approximate surface area is 245 Å². The second-order valence-electron chi connectivity index (χ2n) is 10.8. The molecule has 1 unspecified atom stereocenters. The molecule has 3 aliphatic rings. The monoisotopic (exact) mass is 630 g/mol. The topological polar surface area (TPSA) is 133 Å². The Balaban J connectivity index is 1.49. The summed E-state index contributed by atoms with van der Waals surface area (Å²) in [4.78, 5) is 53.0. The number of sulfonamides is 1. The van der Waals surface area contributed by atoms with Crippen molar-refractivity contribution in [1.29, 1.82) is 0 Å². The van der Waals surface area contributed by atoms with Gasteiger partial charge in [-0.25, -0.2) is 21.9 Å². The molecule has 0 bridgehead atoms. The third kappa shape index (κ3) is 6.74. The molecule has 1 heterocycles. The number of alkyl halides is 3. The minimum atomic E-state index is -4.77. The molecule has 1 aliphatic heterocycles. The second kappa shape index (κ2) is 11.7. The Morgan fingerprint density at radius 2 is 1.81 bits per heavy atom. The smallest absolute Gasteiger partial charge is 0.411 e. The Hall–Kier alpha value is -3.79. The van der Waals surface area contributed by atoms with Gasteiger partial charge in [-0.15, -0.1) is 0 Å². The van der Waals surface area contributed by atoms with Crippen LogP contribution in [0.4, 0.5) is 22.4 Å². The Morgan fingerprint density at radius 3 is 2.42 bits per heavy atom. The van der Waals surface area contributed by atoms with Gasteiger partial charge in [0.15, 0.2) is 11.4 Å². The first-order valence-corrected chi connectivity index (χ1v) is 14.8. The zero-order valence-corrected chi connectivity index (χ0v) is 24.3. The summed E-state index contributed by atoms with van der Waals surface area (Å²) in [5.41, 5.74) is -0.773. The van der Waals surface area contributed by atoms with Gasteiger partial charge in [0.2, 0.25) is 21.8 Å². The molecule has 1 N–H and O–H groups in total. The molecular formula is C27H30F4N4O7S. The maximum atomic E-state index is 13.6. The average molecular weight is 631 g/mol. The van der Waals surface area contributed by atoms with Crippen LogP contribution in [-0.2, 0) is 35.7 Å². The highest BCUT2D eigenvalue weighted by molar-refractivity contribution is 7.89. The third-order valence-corrected chi connectivity index (χ3v) is 9.47. The first-order chi connectivity index (χ1) is 19.9. The SMILES string of the molecule is C[C@H](N(Cc1ccc(F)cc1)C(=O)CN1C[C@]2(CCC3C(=O)C(NC(=O)CS(=O)(=O)N(C)C)=CC=C32)OC1=O)C(F)(F)F. The summed E-state index contributed by atoms with van der Waals surface area (Å²) in [7, 11) is -1.34. The number of carbonyl (C=O) groups excluding carboxylic acids is 4. The number of allylic oxidation sites excluding steroid dienone is 3. The maximum absolute atomic E-state index is 13.6. The largest absolute Gasteiger partial charge is 0.436 e. The molecule has 1 aromatic carbocycles. The molecule has 0 radical (unpaired) electrons. The fourth-order valence-electron chi connectivity index (χ4n) is 5.26. The lowest BCUT2D eigenvalue weighted by molar-refractivity contribution is -0.187. The van der Waals surface area contributed by atoms with Gasteiger partial charge in [-0.2, -0.15) is 13.2 Å². The summed E-state index contributed by atoms with van der Waals surface area (Å²) < 4.78 is 84.7. The van der Waals surface area contributed by atoms with E-state index in [-0.39, 0.29) is 30.6 Å². The summed E-state index contributed by atoms with van der Waals surface area (Å²) >= 11 is 0. The molecule has 1 saturated heterocycles.